The molecule has 0 spiro atoms. The van der Waals surface area contributed by atoms with Gasteiger partial charge >= 0.3 is 6.18 Å². The van der Waals surface area contributed by atoms with Crippen molar-refractivity contribution in [2.24, 2.45) is 0 Å². The minimum atomic E-state index is -4.38. The van der Waals surface area contributed by atoms with Crippen LogP contribution in [0.3, 0.4) is 0 Å². The third-order valence-corrected chi connectivity index (χ3v) is 5.44. The van der Waals surface area contributed by atoms with Crippen LogP contribution in [0.5, 0.6) is 0 Å². The molecule has 1 unspecified atom stereocenters. The Balaban J connectivity index is 1.38. The number of rotatable bonds is 5. The molecule has 164 valence electrons. The molecule has 0 aliphatic heterocycles. The van der Waals surface area contributed by atoms with E-state index in [-0.39, 0.29) is 11.9 Å². The third kappa shape index (κ3) is 5.60. The van der Waals surface area contributed by atoms with Crippen LogP contribution in [0, 0.1) is 0 Å². The summed E-state index contributed by atoms with van der Waals surface area (Å²) in [5, 5.41) is 3.06. The molecule has 0 bridgehead atoms. The fraction of sp³-hybridized carbons (Fsp3) is 0.240. The normalized spacial score (nSPS) is 17.5. The lowest BCUT2D eigenvalue weighted by atomic mass is 10.0. The van der Waals surface area contributed by atoms with Gasteiger partial charge in [0, 0.05) is 36.7 Å². The van der Waals surface area contributed by atoms with Crippen molar-refractivity contribution in [1.82, 2.24) is 15.3 Å². The first-order valence-electron chi connectivity index (χ1n) is 10.4. The molecule has 1 aliphatic carbocycles. The van der Waals surface area contributed by atoms with E-state index < -0.39 is 11.7 Å². The smallest absolute Gasteiger partial charge is 0.349 e. The van der Waals surface area contributed by atoms with Crippen LogP contribution in [-0.4, -0.2) is 21.9 Å². The molecule has 0 radical (unpaired) electrons. The average Bonchev–Trinajstić information content (AvgIpc) is 3.21. The Labute approximate surface area is 184 Å². The standard InChI is InChI=1S/C25H22F3N3O/c26-25(27,28)21-7-9-22(30-16-21)13-18-4-1-3-17(11-18)12-19-6-8-23(14-19)31-24(32)20-5-2-10-29-15-20/h1-5,7,9-12,15-16,23H,6,8,13-14H2,(H,31,32). The van der Waals surface area contributed by atoms with Gasteiger partial charge in [0.25, 0.3) is 5.91 Å². The number of nitrogens with one attached hydrogen (secondary N) is 1. The van der Waals surface area contributed by atoms with Gasteiger partial charge in [-0.1, -0.05) is 35.9 Å². The van der Waals surface area contributed by atoms with Crippen LogP contribution in [0.1, 0.15) is 52.0 Å². The number of benzene rings is 1. The van der Waals surface area contributed by atoms with Gasteiger partial charge in [-0.15, -0.1) is 0 Å². The first kappa shape index (κ1) is 21.7. The summed E-state index contributed by atoms with van der Waals surface area (Å²) in [5.41, 5.74) is 3.66. The molecule has 1 aliphatic rings. The average molecular weight is 437 g/mol. The summed E-state index contributed by atoms with van der Waals surface area (Å²) in [6.45, 7) is 0. The number of hydrogen-bond donors (Lipinski definition) is 1. The van der Waals surface area contributed by atoms with Gasteiger partial charge in [-0.25, -0.2) is 0 Å². The lowest BCUT2D eigenvalue weighted by Crippen LogP contribution is -2.32. The highest BCUT2D eigenvalue weighted by Crippen LogP contribution is 2.29. The van der Waals surface area contributed by atoms with Gasteiger partial charge in [0.15, 0.2) is 0 Å². The second-order valence-corrected chi connectivity index (χ2v) is 7.92. The van der Waals surface area contributed by atoms with Crippen LogP contribution >= 0.6 is 0 Å². The maximum absolute atomic E-state index is 12.7. The minimum absolute atomic E-state index is 0.0912. The summed E-state index contributed by atoms with van der Waals surface area (Å²) in [5.74, 6) is -0.115. The van der Waals surface area contributed by atoms with Crippen LogP contribution in [0.25, 0.3) is 6.08 Å². The molecule has 7 heteroatoms. The molecule has 1 aromatic carbocycles. The molecule has 2 heterocycles. The van der Waals surface area contributed by atoms with E-state index in [2.05, 4.69) is 21.4 Å². The van der Waals surface area contributed by atoms with Crippen molar-refractivity contribution in [2.75, 3.05) is 0 Å². The van der Waals surface area contributed by atoms with E-state index >= 15 is 0 Å². The topological polar surface area (TPSA) is 54.9 Å². The minimum Gasteiger partial charge on any atom is -0.349 e. The van der Waals surface area contributed by atoms with Crippen LogP contribution in [-0.2, 0) is 12.6 Å². The first-order valence-corrected chi connectivity index (χ1v) is 10.4. The van der Waals surface area contributed by atoms with Crippen molar-refractivity contribution < 1.29 is 18.0 Å². The summed E-state index contributed by atoms with van der Waals surface area (Å²) in [6.07, 6.45) is 4.84. The van der Waals surface area contributed by atoms with E-state index in [0.29, 0.717) is 17.7 Å². The SMILES string of the molecule is O=C(NC1CCC(=Cc2cccc(Cc3ccc(C(F)(F)F)cn3)c2)C1)c1cccnc1. The summed E-state index contributed by atoms with van der Waals surface area (Å²) < 4.78 is 38.1. The van der Waals surface area contributed by atoms with Crippen LogP contribution < -0.4 is 5.32 Å². The number of aromatic nitrogens is 2. The Morgan fingerprint density at radius 1 is 1.12 bits per heavy atom. The molecule has 1 atom stereocenters. The van der Waals surface area contributed by atoms with Crippen molar-refractivity contribution in [3.05, 3.63) is 101 Å². The number of nitrogens with zero attached hydrogens (tertiary/aromatic N) is 2. The van der Waals surface area contributed by atoms with Crippen molar-refractivity contribution >= 4 is 12.0 Å². The number of carbonyl (C=O) groups excluding carboxylic acids is 1. The molecule has 3 aromatic rings. The third-order valence-electron chi connectivity index (χ3n) is 5.44. The van der Waals surface area contributed by atoms with Crippen molar-refractivity contribution in [3.63, 3.8) is 0 Å². The van der Waals surface area contributed by atoms with Crippen LogP contribution in [0.15, 0.2) is 72.7 Å². The number of amides is 1. The van der Waals surface area contributed by atoms with Gasteiger partial charge in [0.05, 0.1) is 11.1 Å². The molecule has 32 heavy (non-hydrogen) atoms. The fourth-order valence-corrected chi connectivity index (χ4v) is 3.83. The highest BCUT2D eigenvalue weighted by atomic mass is 19.4. The molecule has 4 nitrogen and oxygen atoms in total. The zero-order valence-electron chi connectivity index (χ0n) is 17.3. The summed E-state index contributed by atoms with van der Waals surface area (Å²) in [7, 11) is 0. The van der Waals surface area contributed by atoms with E-state index in [9.17, 15) is 18.0 Å². The molecule has 4 rings (SSSR count). The Morgan fingerprint density at radius 2 is 2.00 bits per heavy atom. The van der Waals surface area contributed by atoms with Crippen molar-refractivity contribution in [2.45, 2.75) is 37.9 Å². The maximum Gasteiger partial charge on any atom is 0.417 e. The quantitative estimate of drug-likeness (QED) is 0.577. The van der Waals surface area contributed by atoms with Gasteiger partial charge in [-0.2, -0.15) is 13.2 Å². The molecule has 1 fully saturated rings. The van der Waals surface area contributed by atoms with Crippen molar-refractivity contribution in [1.29, 1.82) is 0 Å². The molecular weight excluding hydrogens is 415 g/mol. The highest BCUT2D eigenvalue weighted by molar-refractivity contribution is 5.94. The lowest BCUT2D eigenvalue weighted by Gasteiger charge is -2.11. The Kier molecular flexibility index (Phi) is 6.35. The number of carbonyl (C=O) groups is 1. The van der Waals surface area contributed by atoms with E-state index in [1.54, 1.807) is 24.5 Å². The lowest BCUT2D eigenvalue weighted by molar-refractivity contribution is -0.137. The zero-order valence-corrected chi connectivity index (χ0v) is 17.3. The van der Waals surface area contributed by atoms with Gasteiger partial charge in [0.1, 0.15) is 0 Å². The van der Waals surface area contributed by atoms with Gasteiger partial charge in [0.2, 0.25) is 0 Å². The Bertz CT molecular complexity index is 1110. The Hall–Kier alpha value is -3.48. The summed E-state index contributed by atoms with van der Waals surface area (Å²) >= 11 is 0. The fourth-order valence-electron chi connectivity index (χ4n) is 3.83. The Morgan fingerprint density at radius 3 is 2.72 bits per heavy atom. The number of pyridine rings is 2. The predicted octanol–water partition coefficient (Wildman–Crippen LogP) is 5.45. The molecule has 0 saturated heterocycles. The monoisotopic (exact) mass is 437 g/mol. The molecule has 2 aromatic heterocycles. The van der Waals surface area contributed by atoms with E-state index in [1.165, 1.54) is 11.6 Å². The largest absolute Gasteiger partial charge is 0.417 e. The summed E-state index contributed by atoms with van der Waals surface area (Å²) in [6, 6.07) is 13.9. The molecule has 1 N–H and O–H groups in total. The van der Waals surface area contributed by atoms with E-state index in [1.807, 2.05) is 24.3 Å². The first-order chi connectivity index (χ1) is 15.4. The van der Waals surface area contributed by atoms with E-state index in [4.69, 9.17) is 0 Å². The second-order valence-electron chi connectivity index (χ2n) is 7.92. The van der Waals surface area contributed by atoms with Crippen LogP contribution in [0.2, 0.25) is 0 Å². The number of hydrogen-bond acceptors (Lipinski definition) is 3. The number of alkyl halides is 3. The van der Waals surface area contributed by atoms with Gasteiger partial charge in [-0.05, 0) is 54.7 Å². The zero-order chi connectivity index (χ0) is 22.6. The van der Waals surface area contributed by atoms with E-state index in [0.717, 1.165) is 42.7 Å². The predicted molar refractivity (Wildman–Crippen MR) is 116 cm³/mol. The molecule has 1 saturated carbocycles. The van der Waals surface area contributed by atoms with Gasteiger partial charge in [-0.3, -0.25) is 14.8 Å². The second kappa shape index (κ2) is 9.34. The number of halogens is 3. The van der Waals surface area contributed by atoms with Crippen LogP contribution in [0.4, 0.5) is 13.2 Å². The van der Waals surface area contributed by atoms with Crippen molar-refractivity contribution in [3.8, 4) is 0 Å². The highest BCUT2D eigenvalue weighted by Gasteiger charge is 2.30. The molecular formula is C25H22F3N3O. The summed E-state index contributed by atoms with van der Waals surface area (Å²) in [4.78, 5) is 20.3. The van der Waals surface area contributed by atoms with Gasteiger partial charge < -0.3 is 5.32 Å². The maximum atomic E-state index is 12.7. The molecule has 1 amide bonds.